The van der Waals surface area contributed by atoms with Gasteiger partial charge in [-0.3, -0.25) is 0 Å². The first kappa shape index (κ1) is 32.0. The molecule has 11 aromatic rings. The molecule has 0 N–H and O–H groups in total. The molecule has 0 aliphatic carbocycles. The summed E-state index contributed by atoms with van der Waals surface area (Å²) in [5.41, 5.74) is 12.2. The van der Waals surface area contributed by atoms with Crippen LogP contribution in [0.4, 0.5) is 17.1 Å². The Bertz CT molecular complexity index is 3230. The lowest BCUT2D eigenvalue weighted by atomic mass is 9.88. The summed E-state index contributed by atoms with van der Waals surface area (Å²) in [4.78, 5) is 2.39. The van der Waals surface area contributed by atoms with Gasteiger partial charge in [0.05, 0.1) is 5.69 Å². The van der Waals surface area contributed by atoms with Crippen LogP contribution in [0.25, 0.3) is 87.6 Å². The first-order valence-corrected chi connectivity index (χ1v) is 19.2. The van der Waals surface area contributed by atoms with Crippen molar-refractivity contribution in [1.29, 1.82) is 0 Å². The van der Waals surface area contributed by atoms with Crippen molar-refractivity contribution in [2.24, 2.45) is 0 Å². The molecule has 2 nitrogen and oxygen atoms in total. The Morgan fingerprint density at radius 1 is 0.304 bits per heavy atom. The first-order valence-electron chi connectivity index (χ1n) is 19.2. The van der Waals surface area contributed by atoms with Crippen LogP contribution in [-0.4, -0.2) is 0 Å². The van der Waals surface area contributed by atoms with E-state index in [2.05, 4.69) is 205 Å². The van der Waals surface area contributed by atoms with E-state index in [0.29, 0.717) is 0 Å². The molecule has 0 radical (unpaired) electrons. The summed E-state index contributed by atoms with van der Waals surface area (Å²) in [6, 6.07) is 76.6. The van der Waals surface area contributed by atoms with Crippen LogP contribution >= 0.6 is 0 Å². The SMILES string of the molecule is c1ccc(-c2ccc3c(-c4ccc(N(c5ccc6c(c5)oc5ccccc56)c5cc6ccccc6c6ccccc56)cc4)c(-c4ccccc4)ccc3c2)cc1. The second-order valence-electron chi connectivity index (χ2n) is 14.5. The summed E-state index contributed by atoms with van der Waals surface area (Å²) in [5, 5.41) is 9.55. The molecular weight excluding hydrogens is 679 g/mol. The minimum Gasteiger partial charge on any atom is -0.456 e. The van der Waals surface area contributed by atoms with Crippen molar-refractivity contribution in [3.05, 3.63) is 212 Å². The Morgan fingerprint density at radius 3 is 1.70 bits per heavy atom. The Kier molecular flexibility index (Phi) is 7.53. The number of hydrogen-bond donors (Lipinski definition) is 0. The topological polar surface area (TPSA) is 16.4 Å². The summed E-state index contributed by atoms with van der Waals surface area (Å²) >= 11 is 0. The highest BCUT2D eigenvalue weighted by Crippen LogP contribution is 2.45. The van der Waals surface area contributed by atoms with Crippen molar-refractivity contribution in [2.75, 3.05) is 4.90 Å². The molecule has 0 amide bonds. The van der Waals surface area contributed by atoms with Crippen LogP contribution in [0.3, 0.4) is 0 Å². The number of nitrogens with zero attached hydrogens (tertiary/aromatic N) is 1. The summed E-state index contributed by atoms with van der Waals surface area (Å²) < 4.78 is 6.46. The first-order chi connectivity index (χ1) is 27.8. The molecule has 10 aromatic carbocycles. The van der Waals surface area contributed by atoms with E-state index in [-0.39, 0.29) is 0 Å². The van der Waals surface area contributed by atoms with Crippen LogP contribution in [0.15, 0.2) is 217 Å². The molecule has 0 aliphatic heterocycles. The lowest BCUT2D eigenvalue weighted by Crippen LogP contribution is -2.10. The van der Waals surface area contributed by atoms with E-state index in [9.17, 15) is 0 Å². The summed E-state index contributed by atoms with van der Waals surface area (Å²) in [6.45, 7) is 0. The van der Waals surface area contributed by atoms with Crippen molar-refractivity contribution in [3.63, 3.8) is 0 Å². The normalized spacial score (nSPS) is 11.6. The van der Waals surface area contributed by atoms with Gasteiger partial charge in [0.2, 0.25) is 0 Å². The zero-order chi connectivity index (χ0) is 37.0. The fourth-order valence-electron chi connectivity index (χ4n) is 8.59. The van der Waals surface area contributed by atoms with Crippen LogP contribution in [-0.2, 0) is 0 Å². The van der Waals surface area contributed by atoms with Crippen LogP contribution in [0.1, 0.15) is 0 Å². The quantitative estimate of drug-likeness (QED) is 0.160. The van der Waals surface area contributed by atoms with Gasteiger partial charge in [0, 0.05) is 33.6 Å². The number of anilines is 3. The van der Waals surface area contributed by atoms with E-state index in [0.717, 1.165) is 39.0 Å². The van der Waals surface area contributed by atoms with E-state index >= 15 is 0 Å². The number of furan rings is 1. The van der Waals surface area contributed by atoms with Gasteiger partial charge in [-0.25, -0.2) is 0 Å². The second-order valence-corrected chi connectivity index (χ2v) is 14.5. The van der Waals surface area contributed by atoms with Crippen LogP contribution in [0.5, 0.6) is 0 Å². The van der Waals surface area contributed by atoms with E-state index in [1.165, 1.54) is 65.7 Å². The lowest BCUT2D eigenvalue weighted by molar-refractivity contribution is 0.669. The highest BCUT2D eigenvalue weighted by Gasteiger charge is 2.20. The van der Waals surface area contributed by atoms with Gasteiger partial charge in [0.15, 0.2) is 0 Å². The molecule has 0 spiro atoms. The second kappa shape index (κ2) is 13.2. The molecule has 1 aromatic heterocycles. The maximum Gasteiger partial charge on any atom is 0.137 e. The number of rotatable bonds is 6. The van der Waals surface area contributed by atoms with Gasteiger partial charge >= 0.3 is 0 Å². The number of hydrogen-bond acceptors (Lipinski definition) is 2. The number of para-hydroxylation sites is 1. The zero-order valence-electron chi connectivity index (χ0n) is 30.6. The molecule has 1 heterocycles. The molecule has 56 heavy (non-hydrogen) atoms. The average Bonchev–Trinajstić information content (AvgIpc) is 3.65. The standard InChI is InChI=1S/C54H35NO/c1-3-13-36(14-4-1)39-25-30-46-41(33-39)26-31-45(37-15-5-2-6-16-37)54(46)38-23-27-42(28-24-38)55(43-29-32-50-49-21-11-12-22-52(49)56-53(50)35-43)51-34-40-17-7-8-18-44(40)47-19-9-10-20-48(47)51/h1-35H. The zero-order valence-corrected chi connectivity index (χ0v) is 30.6. The monoisotopic (exact) mass is 713 g/mol. The average molecular weight is 714 g/mol. The molecule has 0 bridgehead atoms. The maximum atomic E-state index is 6.46. The molecule has 0 fully saturated rings. The third kappa shape index (κ3) is 5.34. The van der Waals surface area contributed by atoms with Gasteiger partial charge in [0.1, 0.15) is 11.2 Å². The van der Waals surface area contributed by atoms with Gasteiger partial charge in [-0.05, 0) is 103 Å². The van der Waals surface area contributed by atoms with Gasteiger partial charge in [-0.2, -0.15) is 0 Å². The third-order valence-corrected chi connectivity index (χ3v) is 11.2. The van der Waals surface area contributed by atoms with Crippen LogP contribution < -0.4 is 4.90 Å². The minimum absolute atomic E-state index is 0.869. The molecule has 0 atom stereocenters. The van der Waals surface area contributed by atoms with Crippen molar-refractivity contribution >= 4 is 71.3 Å². The smallest absolute Gasteiger partial charge is 0.137 e. The predicted octanol–water partition coefficient (Wildman–Crippen LogP) is 15.5. The summed E-state index contributed by atoms with van der Waals surface area (Å²) in [7, 11) is 0. The minimum atomic E-state index is 0.869. The van der Waals surface area contributed by atoms with E-state index in [1.807, 2.05) is 12.1 Å². The summed E-state index contributed by atoms with van der Waals surface area (Å²) in [6.07, 6.45) is 0. The van der Waals surface area contributed by atoms with Gasteiger partial charge < -0.3 is 9.32 Å². The lowest BCUT2D eigenvalue weighted by Gasteiger charge is -2.28. The third-order valence-electron chi connectivity index (χ3n) is 11.2. The molecule has 0 saturated carbocycles. The van der Waals surface area contributed by atoms with Gasteiger partial charge in [-0.15, -0.1) is 0 Å². The predicted molar refractivity (Wildman–Crippen MR) is 237 cm³/mol. The van der Waals surface area contributed by atoms with Gasteiger partial charge in [-0.1, -0.05) is 164 Å². The van der Waals surface area contributed by atoms with Crippen LogP contribution in [0.2, 0.25) is 0 Å². The van der Waals surface area contributed by atoms with Gasteiger partial charge in [0.25, 0.3) is 0 Å². The largest absolute Gasteiger partial charge is 0.456 e. The number of fused-ring (bicyclic) bond motifs is 7. The maximum absolute atomic E-state index is 6.46. The fraction of sp³-hybridized carbons (Fsp3) is 0. The highest BCUT2D eigenvalue weighted by molar-refractivity contribution is 6.15. The van der Waals surface area contributed by atoms with Crippen molar-refractivity contribution < 1.29 is 4.42 Å². The molecule has 11 rings (SSSR count). The molecule has 262 valence electrons. The van der Waals surface area contributed by atoms with Crippen LogP contribution in [0, 0.1) is 0 Å². The molecule has 0 aliphatic rings. The Balaban J connectivity index is 1.12. The molecule has 0 unspecified atom stereocenters. The Hall–Kier alpha value is -7.42. The molecule has 0 saturated heterocycles. The number of benzene rings is 10. The molecule has 2 heteroatoms. The fourth-order valence-corrected chi connectivity index (χ4v) is 8.59. The van der Waals surface area contributed by atoms with Crippen molar-refractivity contribution in [1.82, 2.24) is 0 Å². The van der Waals surface area contributed by atoms with E-state index in [1.54, 1.807) is 0 Å². The Labute approximate surface area is 325 Å². The molecular formula is C54H35NO. The van der Waals surface area contributed by atoms with Crippen molar-refractivity contribution in [3.8, 4) is 33.4 Å². The van der Waals surface area contributed by atoms with E-state index < -0.39 is 0 Å². The Morgan fingerprint density at radius 2 is 0.893 bits per heavy atom. The highest BCUT2D eigenvalue weighted by atomic mass is 16.3. The van der Waals surface area contributed by atoms with E-state index in [4.69, 9.17) is 4.42 Å². The summed E-state index contributed by atoms with van der Waals surface area (Å²) in [5.74, 6) is 0. The van der Waals surface area contributed by atoms with Crippen molar-refractivity contribution in [2.45, 2.75) is 0 Å².